The van der Waals surface area contributed by atoms with Crippen molar-refractivity contribution in [1.82, 2.24) is 19.7 Å². The molecule has 0 spiro atoms. The summed E-state index contributed by atoms with van der Waals surface area (Å²) < 4.78 is 1.46. The van der Waals surface area contributed by atoms with Gasteiger partial charge in [-0.1, -0.05) is 0 Å². The number of pyridine rings is 1. The summed E-state index contributed by atoms with van der Waals surface area (Å²) in [5.74, 6) is 0.695. The van der Waals surface area contributed by atoms with Crippen LogP contribution in [0.5, 0.6) is 0 Å². The second-order valence-corrected chi connectivity index (χ2v) is 4.33. The lowest BCUT2D eigenvalue weighted by Gasteiger charge is -2.16. The Kier molecular flexibility index (Phi) is 2.45. The molecule has 18 heavy (non-hydrogen) atoms. The molecule has 2 heterocycles. The molecule has 2 aromatic heterocycles. The molecular weight excluding hydrogens is 228 g/mol. The largest absolute Gasteiger partial charge is 0.366 e. The summed E-state index contributed by atoms with van der Waals surface area (Å²) in [6.07, 6.45) is 5.74. The summed E-state index contributed by atoms with van der Waals surface area (Å²) in [6, 6.07) is 4.07. The molecule has 0 bridgehead atoms. The SMILES string of the molecule is N#Cc1cc2c(nc1-n1cnc(N)n1)CCCC2. The van der Waals surface area contributed by atoms with E-state index in [0.29, 0.717) is 11.4 Å². The van der Waals surface area contributed by atoms with E-state index in [1.165, 1.54) is 16.6 Å². The summed E-state index contributed by atoms with van der Waals surface area (Å²) in [4.78, 5) is 8.41. The number of aryl methyl sites for hydroxylation is 2. The van der Waals surface area contributed by atoms with Crippen LogP contribution in [0.3, 0.4) is 0 Å². The molecule has 1 aliphatic rings. The van der Waals surface area contributed by atoms with Gasteiger partial charge in [-0.3, -0.25) is 0 Å². The second kappa shape index (κ2) is 4.11. The van der Waals surface area contributed by atoms with Gasteiger partial charge in [0, 0.05) is 5.69 Å². The number of nitrogen functional groups attached to an aromatic ring is 1. The average molecular weight is 240 g/mol. The van der Waals surface area contributed by atoms with Gasteiger partial charge in [0.25, 0.3) is 0 Å². The highest BCUT2D eigenvalue weighted by Gasteiger charge is 2.16. The molecule has 3 rings (SSSR count). The highest BCUT2D eigenvalue weighted by atomic mass is 15.4. The molecule has 0 unspecified atom stereocenters. The Balaban J connectivity index is 2.16. The third kappa shape index (κ3) is 1.70. The Hall–Kier alpha value is -2.42. The van der Waals surface area contributed by atoms with E-state index in [1.807, 2.05) is 6.07 Å². The van der Waals surface area contributed by atoms with Crippen LogP contribution in [0, 0.1) is 11.3 Å². The summed E-state index contributed by atoms with van der Waals surface area (Å²) in [5, 5.41) is 13.2. The van der Waals surface area contributed by atoms with Gasteiger partial charge >= 0.3 is 0 Å². The van der Waals surface area contributed by atoms with Crippen molar-refractivity contribution in [2.24, 2.45) is 0 Å². The van der Waals surface area contributed by atoms with Gasteiger partial charge in [0.2, 0.25) is 5.95 Å². The first-order valence-electron chi connectivity index (χ1n) is 5.88. The number of hydrogen-bond donors (Lipinski definition) is 1. The maximum atomic E-state index is 9.21. The van der Waals surface area contributed by atoms with E-state index in [2.05, 4.69) is 21.1 Å². The predicted octanol–water partition coefficient (Wildman–Crippen LogP) is 0.995. The smallest absolute Gasteiger partial charge is 0.239 e. The number of rotatable bonds is 1. The van der Waals surface area contributed by atoms with Crippen LogP contribution in [0.1, 0.15) is 29.7 Å². The number of nitrogens with two attached hydrogens (primary N) is 1. The van der Waals surface area contributed by atoms with Crippen LogP contribution in [0.2, 0.25) is 0 Å². The first-order valence-corrected chi connectivity index (χ1v) is 5.88. The van der Waals surface area contributed by atoms with Crippen LogP contribution >= 0.6 is 0 Å². The van der Waals surface area contributed by atoms with Crippen LogP contribution in [-0.2, 0) is 12.8 Å². The van der Waals surface area contributed by atoms with Gasteiger partial charge in [0.05, 0.1) is 5.56 Å². The average Bonchev–Trinajstić information content (AvgIpc) is 2.83. The molecule has 90 valence electrons. The minimum Gasteiger partial charge on any atom is -0.366 e. The van der Waals surface area contributed by atoms with Gasteiger partial charge in [-0.25, -0.2) is 9.97 Å². The first-order chi connectivity index (χ1) is 8.78. The second-order valence-electron chi connectivity index (χ2n) is 4.33. The lowest BCUT2D eigenvalue weighted by atomic mass is 9.95. The molecule has 6 heteroatoms. The Labute approximate surface area is 104 Å². The standard InChI is InChI=1S/C12H12N6/c13-6-9-5-8-3-1-2-4-10(8)16-11(9)18-7-15-12(14)17-18/h5,7H,1-4H2,(H2,14,17). The first kappa shape index (κ1) is 10.7. The van der Waals surface area contributed by atoms with Crippen molar-refractivity contribution < 1.29 is 0 Å². The van der Waals surface area contributed by atoms with Crippen molar-refractivity contribution in [2.75, 3.05) is 5.73 Å². The molecule has 0 radical (unpaired) electrons. The minimum absolute atomic E-state index is 0.179. The zero-order valence-electron chi connectivity index (χ0n) is 9.80. The molecule has 0 atom stereocenters. The molecule has 0 saturated heterocycles. The lowest BCUT2D eigenvalue weighted by Crippen LogP contribution is -2.11. The molecule has 2 N–H and O–H groups in total. The summed E-state index contributed by atoms with van der Waals surface area (Å²) in [7, 11) is 0. The summed E-state index contributed by atoms with van der Waals surface area (Å²) in [5.41, 5.74) is 8.24. The molecule has 0 aromatic carbocycles. The number of nitrogens with zero attached hydrogens (tertiary/aromatic N) is 5. The van der Waals surface area contributed by atoms with E-state index in [4.69, 9.17) is 5.73 Å². The minimum atomic E-state index is 0.179. The van der Waals surface area contributed by atoms with Gasteiger partial charge in [-0.15, -0.1) is 5.10 Å². The van der Waals surface area contributed by atoms with Gasteiger partial charge in [-0.05, 0) is 37.3 Å². The maximum Gasteiger partial charge on any atom is 0.239 e. The molecule has 0 saturated carbocycles. The van der Waals surface area contributed by atoms with E-state index >= 15 is 0 Å². The normalized spacial score (nSPS) is 13.9. The molecule has 2 aromatic rings. The van der Waals surface area contributed by atoms with Crippen LogP contribution in [0.4, 0.5) is 5.95 Å². The fourth-order valence-corrected chi connectivity index (χ4v) is 2.26. The van der Waals surface area contributed by atoms with Crippen molar-refractivity contribution in [3.8, 4) is 11.9 Å². The van der Waals surface area contributed by atoms with Crippen molar-refractivity contribution >= 4 is 5.95 Å². The summed E-state index contributed by atoms with van der Waals surface area (Å²) >= 11 is 0. The van der Waals surface area contributed by atoms with E-state index in [-0.39, 0.29) is 5.95 Å². The van der Waals surface area contributed by atoms with E-state index in [1.54, 1.807) is 0 Å². The van der Waals surface area contributed by atoms with Crippen LogP contribution in [0.25, 0.3) is 5.82 Å². The van der Waals surface area contributed by atoms with Crippen LogP contribution in [0.15, 0.2) is 12.4 Å². The zero-order valence-corrected chi connectivity index (χ0v) is 9.80. The van der Waals surface area contributed by atoms with Crippen molar-refractivity contribution in [3.63, 3.8) is 0 Å². The van der Waals surface area contributed by atoms with Gasteiger partial charge in [0.1, 0.15) is 12.4 Å². The van der Waals surface area contributed by atoms with Crippen LogP contribution < -0.4 is 5.73 Å². The highest BCUT2D eigenvalue weighted by Crippen LogP contribution is 2.23. The Morgan fingerprint density at radius 2 is 2.17 bits per heavy atom. The van der Waals surface area contributed by atoms with Crippen LogP contribution in [-0.4, -0.2) is 19.7 Å². The quantitative estimate of drug-likeness (QED) is 0.802. The lowest BCUT2D eigenvalue weighted by molar-refractivity contribution is 0.661. The molecular formula is C12H12N6. The number of nitriles is 1. The number of fused-ring (bicyclic) bond motifs is 1. The fourth-order valence-electron chi connectivity index (χ4n) is 2.26. The summed E-state index contributed by atoms with van der Waals surface area (Å²) in [6.45, 7) is 0. The molecule has 0 fully saturated rings. The number of aromatic nitrogens is 4. The van der Waals surface area contributed by atoms with E-state index in [9.17, 15) is 5.26 Å². The maximum absolute atomic E-state index is 9.21. The number of hydrogen-bond acceptors (Lipinski definition) is 5. The third-order valence-electron chi connectivity index (χ3n) is 3.13. The number of anilines is 1. The van der Waals surface area contributed by atoms with E-state index in [0.717, 1.165) is 31.4 Å². The van der Waals surface area contributed by atoms with Crippen molar-refractivity contribution in [3.05, 3.63) is 29.2 Å². The topological polar surface area (TPSA) is 93.4 Å². The van der Waals surface area contributed by atoms with Gasteiger partial charge < -0.3 is 5.73 Å². The zero-order chi connectivity index (χ0) is 12.5. The van der Waals surface area contributed by atoms with Gasteiger partial charge in [-0.2, -0.15) is 9.94 Å². The highest BCUT2D eigenvalue weighted by molar-refractivity contribution is 5.47. The monoisotopic (exact) mass is 240 g/mol. The van der Waals surface area contributed by atoms with E-state index < -0.39 is 0 Å². The Bertz CT molecular complexity index is 637. The van der Waals surface area contributed by atoms with Crippen molar-refractivity contribution in [2.45, 2.75) is 25.7 Å². The fraction of sp³-hybridized carbons (Fsp3) is 0.333. The van der Waals surface area contributed by atoms with Gasteiger partial charge in [0.15, 0.2) is 5.82 Å². The molecule has 0 amide bonds. The predicted molar refractivity (Wildman–Crippen MR) is 64.9 cm³/mol. The third-order valence-corrected chi connectivity index (χ3v) is 3.13. The molecule has 6 nitrogen and oxygen atoms in total. The Morgan fingerprint density at radius 3 is 2.89 bits per heavy atom. The molecule has 0 aliphatic heterocycles. The molecule has 1 aliphatic carbocycles. The van der Waals surface area contributed by atoms with Crippen molar-refractivity contribution in [1.29, 1.82) is 5.26 Å². The Morgan fingerprint density at radius 1 is 1.33 bits per heavy atom.